The quantitative estimate of drug-likeness (QED) is 0.202. The van der Waals surface area contributed by atoms with Crippen molar-refractivity contribution in [3.8, 4) is 0 Å². The average Bonchev–Trinajstić information content (AvgIpc) is 2.79. The number of hydrogen-bond donors (Lipinski definition) is 0. The van der Waals surface area contributed by atoms with E-state index in [1.54, 1.807) is 0 Å². The summed E-state index contributed by atoms with van der Waals surface area (Å²) in [5, 5.41) is 2.83. The predicted octanol–water partition coefficient (Wildman–Crippen LogP) is 8.36. The van der Waals surface area contributed by atoms with Crippen LogP contribution in [-0.2, 0) is 6.42 Å². The molecule has 2 aromatic rings. The molecule has 2 heteroatoms. The van der Waals surface area contributed by atoms with E-state index in [1.807, 2.05) is 0 Å². The molecule has 0 aliphatic rings. The summed E-state index contributed by atoms with van der Waals surface area (Å²) in [6.07, 6.45) is 20.9. The third-order valence-electron chi connectivity index (χ3n) is 6.63. The molecule has 0 aromatic heterocycles. The Hall–Kier alpha value is -1.38. The molecule has 0 radical (unpaired) electrons. The number of benzene rings is 2. The molecule has 2 aromatic carbocycles. The summed E-state index contributed by atoms with van der Waals surface area (Å²) >= 11 is 0. The number of nitrogens with zero attached hydrogens (tertiary/aromatic N) is 1. The van der Waals surface area contributed by atoms with Crippen LogP contribution in [0.4, 0.5) is 0 Å². The minimum atomic E-state index is 0. The van der Waals surface area contributed by atoms with Crippen molar-refractivity contribution < 1.29 is 5.48 Å². The Balaban J connectivity index is 0.00000512. The van der Waals surface area contributed by atoms with Crippen LogP contribution in [0, 0.1) is 0 Å². The van der Waals surface area contributed by atoms with Crippen molar-refractivity contribution in [2.24, 2.45) is 0 Å². The second-order valence-corrected chi connectivity index (χ2v) is 9.47. The molecule has 182 valence electrons. The van der Waals surface area contributed by atoms with Gasteiger partial charge in [-0.3, -0.25) is 0 Å². The zero-order chi connectivity index (χ0) is 22.0. The van der Waals surface area contributed by atoms with Crippen molar-refractivity contribution in [2.75, 3.05) is 19.6 Å². The van der Waals surface area contributed by atoms with Crippen molar-refractivity contribution in [1.82, 2.24) is 4.90 Å². The Morgan fingerprint density at radius 3 is 1.62 bits per heavy atom. The van der Waals surface area contributed by atoms with Crippen molar-refractivity contribution in [3.05, 3.63) is 48.0 Å². The molecule has 0 unspecified atom stereocenters. The summed E-state index contributed by atoms with van der Waals surface area (Å²) in [6.45, 7) is 8.50. The van der Waals surface area contributed by atoms with Gasteiger partial charge in [-0.25, -0.2) is 0 Å². The number of aryl methyl sites for hydroxylation is 1. The van der Waals surface area contributed by atoms with Gasteiger partial charge < -0.3 is 10.4 Å². The summed E-state index contributed by atoms with van der Waals surface area (Å²) in [4.78, 5) is 2.65. The van der Waals surface area contributed by atoms with Crippen LogP contribution in [0.5, 0.6) is 0 Å². The van der Waals surface area contributed by atoms with Gasteiger partial charge in [-0.2, -0.15) is 0 Å². The van der Waals surface area contributed by atoms with Gasteiger partial charge in [0.2, 0.25) is 0 Å². The van der Waals surface area contributed by atoms with E-state index in [-0.39, 0.29) is 5.48 Å². The summed E-state index contributed by atoms with van der Waals surface area (Å²) in [5.74, 6) is 0. The van der Waals surface area contributed by atoms with Crippen LogP contribution >= 0.6 is 0 Å². The fourth-order valence-corrected chi connectivity index (χ4v) is 4.90. The van der Waals surface area contributed by atoms with Crippen molar-refractivity contribution in [3.63, 3.8) is 0 Å². The molecule has 2 nitrogen and oxygen atoms in total. The highest BCUT2D eigenvalue weighted by Gasteiger charge is 2.02. The SMILES string of the molecule is CCCN(CCC)CCCCCCCCCCCCCCc1cccc2ccccc12.O. The van der Waals surface area contributed by atoms with Crippen molar-refractivity contribution in [2.45, 2.75) is 110 Å². The molecule has 0 amide bonds. The second kappa shape index (κ2) is 19.1. The lowest BCUT2D eigenvalue weighted by Crippen LogP contribution is -2.26. The van der Waals surface area contributed by atoms with Gasteiger partial charge >= 0.3 is 0 Å². The van der Waals surface area contributed by atoms with E-state index in [2.05, 4.69) is 61.2 Å². The molecule has 0 heterocycles. The fraction of sp³-hybridized carbons (Fsp3) is 0.667. The van der Waals surface area contributed by atoms with E-state index in [0.717, 1.165) is 0 Å². The minimum Gasteiger partial charge on any atom is -0.412 e. The first-order valence-electron chi connectivity index (χ1n) is 13.5. The molecule has 0 fully saturated rings. The molecule has 2 rings (SSSR count). The molecule has 2 N–H and O–H groups in total. The van der Waals surface area contributed by atoms with Gasteiger partial charge in [-0.05, 0) is 68.1 Å². The van der Waals surface area contributed by atoms with Crippen LogP contribution in [0.1, 0.15) is 109 Å². The third kappa shape index (κ3) is 12.0. The molecule has 0 aliphatic heterocycles. The minimum absolute atomic E-state index is 0. The Kier molecular flexibility index (Phi) is 17.1. The van der Waals surface area contributed by atoms with E-state index < -0.39 is 0 Å². The second-order valence-electron chi connectivity index (χ2n) is 9.47. The maximum absolute atomic E-state index is 2.65. The summed E-state index contributed by atoms with van der Waals surface area (Å²) in [5.41, 5.74) is 1.53. The van der Waals surface area contributed by atoms with Gasteiger partial charge in [0.15, 0.2) is 0 Å². The lowest BCUT2D eigenvalue weighted by atomic mass is 9.99. The van der Waals surface area contributed by atoms with E-state index in [4.69, 9.17) is 0 Å². The van der Waals surface area contributed by atoms with Crippen molar-refractivity contribution in [1.29, 1.82) is 0 Å². The smallest absolute Gasteiger partial charge is 0.00187 e. The van der Waals surface area contributed by atoms with Gasteiger partial charge in [0.1, 0.15) is 0 Å². The molecule has 0 bridgehead atoms. The van der Waals surface area contributed by atoms with Crippen LogP contribution in [0.15, 0.2) is 42.5 Å². The molecule has 0 atom stereocenters. The van der Waals surface area contributed by atoms with Crippen molar-refractivity contribution >= 4 is 10.8 Å². The normalized spacial score (nSPS) is 11.2. The monoisotopic (exact) mass is 441 g/mol. The first-order valence-corrected chi connectivity index (χ1v) is 13.5. The number of fused-ring (bicyclic) bond motifs is 1. The summed E-state index contributed by atoms with van der Waals surface area (Å²) < 4.78 is 0. The van der Waals surface area contributed by atoms with Gasteiger partial charge in [-0.1, -0.05) is 121 Å². The van der Waals surface area contributed by atoms with Gasteiger partial charge in [0.25, 0.3) is 0 Å². The molecule has 0 spiro atoms. The van der Waals surface area contributed by atoms with E-state index >= 15 is 0 Å². The van der Waals surface area contributed by atoms with Crippen LogP contribution in [0.2, 0.25) is 0 Å². The largest absolute Gasteiger partial charge is 0.412 e. The lowest BCUT2D eigenvalue weighted by molar-refractivity contribution is 0.267. The topological polar surface area (TPSA) is 34.7 Å². The maximum atomic E-state index is 2.65. The van der Waals surface area contributed by atoms with Crippen LogP contribution in [0.25, 0.3) is 10.8 Å². The van der Waals surface area contributed by atoms with Crippen LogP contribution in [0.3, 0.4) is 0 Å². The maximum Gasteiger partial charge on any atom is -0.00187 e. The third-order valence-corrected chi connectivity index (χ3v) is 6.63. The predicted molar refractivity (Wildman–Crippen MR) is 144 cm³/mol. The first kappa shape index (κ1) is 28.7. The Morgan fingerprint density at radius 1 is 0.531 bits per heavy atom. The average molecular weight is 442 g/mol. The summed E-state index contributed by atoms with van der Waals surface area (Å²) in [6, 6.07) is 15.6. The Bertz CT molecular complexity index is 672. The number of unbranched alkanes of at least 4 members (excludes halogenated alkanes) is 11. The molecular weight excluding hydrogens is 390 g/mol. The fourth-order valence-electron chi connectivity index (χ4n) is 4.90. The Labute approximate surface area is 199 Å². The highest BCUT2D eigenvalue weighted by Crippen LogP contribution is 2.21. The Morgan fingerprint density at radius 2 is 1.03 bits per heavy atom. The molecule has 0 saturated carbocycles. The standard InChI is InChI=1S/C30H49N.H2O/c1-3-25-31(26-4-2)27-18-14-12-10-8-6-5-7-9-11-13-15-20-28-22-19-23-29-21-16-17-24-30(28)29;/h16-17,19,21-24H,3-15,18,20,25-27H2,1-2H3;1H2. The van der Waals surface area contributed by atoms with Gasteiger partial charge in [0, 0.05) is 0 Å². The molecule has 32 heavy (non-hydrogen) atoms. The number of rotatable bonds is 19. The molecular formula is C30H51NO. The highest BCUT2D eigenvalue weighted by atomic mass is 16.0. The highest BCUT2D eigenvalue weighted by molar-refractivity contribution is 5.85. The molecule has 0 saturated heterocycles. The van der Waals surface area contributed by atoms with Gasteiger partial charge in [0.05, 0.1) is 0 Å². The van der Waals surface area contributed by atoms with E-state index in [1.165, 1.54) is 132 Å². The van der Waals surface area contributed by atoms with Gasteiger partial charge in [-0.15, -0.1) is 0 Å². The number of hydrogen-bond acceptors (Lipinski definition) is 1. The zero-order valence-electron chi connectivity index (χ0n) is 21.2. The lowest BCUT2D eigenvalue weighted by Gasteiger charge is -2.20. The molecule has 0 aliphatic carbocycles. The van der Waals surface area contributed by atoms with Crippen LogP contribution < -0.4 is 0 Å². The summed E-state index contributed by atoms with van der Waals surface area (Å²) in [7, 11) is 0. The first-order chi connectivity index (χ1) is 15.3. The van der Waals surface area contributed by atoms with E-state index in [0.29, 0.717) is 0 Å². The zero-order valence-corrected chi connectivity index (χ0v) is 21.2. The van der Waals surface area contributed by atoms with Crippen LogP contribution in [-0.4, -0.2) is 30.0 Å². The van der Waals surface area contributed by atoms with E-state index in [9.17, 15) is 0 Å².